The van der Waals surface area contributed by atoms with Crippen molar-refractivity contribution in [3.05, 3.63) is 35.4 Å². The summed E-state index contributed by atoms with van der Waals surface area (Å²) in [6.07, 6.45) is 2.02. The zero-order valence-electron chi connectivity index (χ0n) is 11.8. The van der Waals surface area contributed by atoms with Crippen molar-refractivity contribution in [1.82, 2.24) is 4.90 Å². The van der Waals surface area contributed by atoms with Crippen LogP contribution >= 0.6 is 0 Å². The second-order valence-corrected chi connectivity index (χ2v) is 5.53. The molecule has 96 valence electrons. The summed E-state index contributed by atoms with van der Waals surface area (Å²) in [7, 11) is 4.17. The van der Waals surface area contributed by atoms with Crippen LogP contribution in [0.15, 0.2) is 24.3 Å². The van der Waals surface area contributed by atoms with Crippen LogP contribution in [0.25, 0.3) is 0 Å². The minimum absolute atomic E-state index is 0.0173. The highest BCUT2D eigenvalue weighted by Crippen LogP contribution is 2.18. The fourth-order valence-electron chi connectivity index (χ4n) is 1.75. The Balaban J connectivity index is 2.70. The lowest BCUT2D eigenvalue weighted by atomic mass is 9.88. The smallest absolute Gasteiger partial charge is 0.0301 e. The average Bonchev–Trinajstić information content (AvgIpc) is 2.29. The molecule has 1 aromatic rings. The van der Waals surface area contributed by atoms with Gasteiger partial charge in [-0.05, 0) is 51.9 Å². The van der Waals surface area contributed by atoms with E-state index in [-0.39, 0.29) is 11.6 Å². The molecule has 1 atom stereocenters. The van der Waals surface area contributed by atoms with E-state index < -0.39 is 0 Å². The molecular formula is C15H26N2. The quantitative estimate of drug-likeness (QED) is 0.848. The Morgan fingerprint density at radius 1 is 1.12 bits per heavy atom. The van der Waals surface area contributed by atoms with Gasteiger partial charge in [-0.15, -0.1) is 0 Å². The van der Waals surface area contributed by atoms with Gasteiger partial charge in [0, 0.05) is 11.6 Å². The van der Waals surface area contributed by atoms with Crippen LogP contribution in [0, 0.1) is 0 Å². The number of hydrogen-bond acceptors (Lipinski definition) is 2. The Bertz CT molecular complexity index is 338. The van der Waals surface area contributed by atoms with Crippen LogP contribution in [0.2, 0.25) is 0 Å². The minimum atomic E-state index is 0.0173. The van der Waals surface area contributed by atoms with Gasteiger partial charge in [0.15, 0.2) is 0 Å². The van der Waals surface area contributed by atoms with Gasteiger partial charge in [0.1, 0.15) is 0 Å². The van der Waals surface area contributed by atoms with Crippen LogP contribution in [0.5, 0.6) is 0 Å². The summed E-state index contributed by atoms with van der Waals surface area (Å²) >= 11 is 0. The molecule has 0 aromatic heterocycles. The standard InChI is InChI=1S/C15H26N2/c1-6-12-7-9-13(10-8-12)11-14(16)15(2,3)17(4)5/h7-10,14H,6,11,16H2,1-5H3. The molecule has 0 fully saturated rings. The lowest BCUT2D eigenvalue weighted by molar-refractivity contribution is 0.158. The maximum atomic E-state index is 6.31. The Labute approximate surface area is 106 Å². The van der Waals surface area contributed by atoms with Crippen molar-refractivity contribution in [2.75, 3.05) is 14.1 Å². The monoisotopic (exact) mass is 234 g/mol. The molecule has 0 spiro atoms. The lowest BCUT2D eigenvalue weighted by Crippen LogP contribution is -2.54. The second-order valence-electron chi connectivity index (χ2n) is 5.53. The van der Waals surface area contributed by atoms with E-state index in [2.05, 4.69) is 64.0 Å². The summed E-state index contributed by atoms with van der Waals surface area (Å²) in [6, 6.07) is 8.94. The number of nitrogens with zero attached hydrogens (tertiary/aromatic N) is 1. The number of hydrogen-bond donors (Lipinski definition) is 1. The molecule has 0 saturated carbocycles. The number of rotatable bonds is 5. The van der Waals surface area contributed by atoms with Crippen molar-refractivity contribution in [2.24, 2.45) is 5.73 Å². The Hall–Kier alpha value is -0.860. The molecule has 0 aliphatic heterocycles. The van der Waals surface area contributed by atoms with Crippen molar-refractivity contribution in [2.45, 2.75) is 45.2 Å². The highest BCUT2D eigenvalue weighted by Gasteiger charge is 2.28. The van der Waals surface area contributed by atoms with Gasteiger partial charge in [-0.25, -0.2) is 0 Å². The summed E-state index contributed by atoms with van der Waals surface area (Å²) in [5.41, 5.74) is 9.04. The van der Waals surface area contributed by atoms with Gasteiger partial charge in [0.25, 0.3) is 0 Å². The van der Waals surface area contributed by atoms with Crippen LogP contribution in [-0.4, -0.2) is 30.6 Å². The van der Waals surface area contributed by atoms with Crippen molar-refractivity contribution >= 4 is 0 Å². The average molecular weight is 234 g/mol. The molecule has 0 amide bonds. The molecular weight excluding hydrogens is 208 g/mol. The number of benzene rings is 1. The predicted octanol–water partition coefficient (Wildman–Crippen LogP) is 2.46. The van der Waals surface area contributed by atoms with Crippen LogP contribution < -0.4 is 5.73 Å². The molecule has 2 heteroatoms. The molecule has 2 N–H and O–H groups in total. The van der Waals surface area contributed by atoms with Crippen molar-refractivity contribution in [3.8, 4) is 0 Å². The van der Waals surface area contributed by atoms with Crippen LogP contribution in [0.1, 0.15) is 31.9 Å². The van der Waals surface area contributed by atoms with Gasteiger partial charge in [-0.1, -0.05) is 31.2 Å². The summed E-state index contributed by atoms with van der Waals surface area (Å²) < 4.78 is 0. The molecule has 1 aromatic carbocycles. The molecule has 1 unspecified atom stereocenters. The van der Waals surface area contributed by atoms with Gasteiger partial charge in [0.05, 0.1) is 0 Å². The van der Waals surface area contributed by atoms with Gasteiger partial charge in [-0.2, -0.15) is 0 Å². The Morgan fingerprint density at radius 2 is 1.59 bits per heavy atom. The first-order valence-electron chi connectivity index (χ1n) is 6.38. The third-order valence-corrected chi connectivity index (χ3v) is 3.95. The highest BCUT2D eigenvalue weighted by atomic mass is 15.2. The summed E-state index contributed by atoms with van der Waals surface area (Å²) in [4.78, 5) is 2.19. The van der Waals surface area contributed by atoms with Gasteiger partial charge in [0.2, 0.25) is 0 Å². The lowest BCUT2D eigenvalue weighted by Gasteiger charge is -2.38. The zero-order valence-corrected chi connectivity index (χ0v) is 11.8. The van der Waals surface area contributed by atoms with E-state index in [1.54, 1.807) is 0 Å². The first-order chi connectivity index (χ1) is 7.87. The highest BCUT2D eigenvalue weighted by molar-refractivity contribution is 5.23. The van der Waals surface area contributed by atoms with E-state index >= 15 is 0 Å². The van der Waals surface area contributed by atoms with E-state index in [1.165, 1.54) is 11.1 Å². The van der Waals surface area contributed by atoms with E-state index in [1.807, 2.05) is 0 Å². The predicted molar refractivity (Wildman–Crippen MR) is 75.3 cm³/mol. The topological polar surface area (TPSA) is 29.3 Å². The molecule has 0 saturated heterocycles. The number of likely N-dealkylation sites (N-methyl/N-ethyl adjacent to an activating group) is 1. The van der Waals surface area contributed by atoms with Crippen molar-refractivity contribution in [1.29, 1.82) is 0 Å². The molecule has 1 rings (SSSR count). The molecule has 2 nitrogen and oxygen atoms in total. The summed E-state index contributed by atoms with van der Waals surface area (Å²) in [6.45, 7) is 6.56. The van der Waals surface area contributed by atoms with Gasteiger partial charge in [-0.3, -0.25) is 0 Å². The molecule has 17 heavy (non-hydrogen) atoms. The van der Waals surface area contributed by atoms with Crippen LogP contribution in [-0.2, 0) is 12.8 Å². The summed E-state index contributed by atoms with van der Waals surface area (Å²) in [5.74, 6) is 0. The van der Waals surface area contributed by atoms with Gasteiger partial charge < -0.3 is 10.6 Å². The van der Waals surface area contributed by atoms with E-state index in [0.29, 0.717) is 0 Å². The molecule has 0 bridgehead atoms. The molecule has 0 heterocycles. The van der Waals surface area contributed by atoms with E-state index in [9.17, 15) is 0 Å². The largest absolute Gasteiger partial charge is 0.326 e. The third kappa shape index (κ3) is 3.55. The van der Waals surface area contributed by atoms with Crippen LogP contribution in [0.4, 0.5) is 0 Å². The summed E-state index contributed by atoms with van der Waals surface area (Å²) in [5, 5.41) is 0. The molecule has 0 aliphatic rings. The maximum absolute atomic E-state index is 6.31. The first-order valence-corrected chi connectivity index (χ1v) is 6.38. The number of nitrogens with two attached hydrogens (primary N) is 1. The SMILES string of the molecule is CCc1ccc(CC(N)C(C)(C)N(C)C)cc1. The zero-order chi connectivity index (χ0) is 13.1. The number of aryl methyl sites for hydroxylation is 1. The Morgan fingerprint density at radius 3 is 2.00 bits per heavy atom. The second kappa shape index (κ2) is 5.65. The van der Waals surface area contributed by atoms with Crippen molar-refractivity contribution in [3.63, 3.8) is 0 Å². The fraction of sp³-hybridized carbons (Fsp3) is 0.600. The Kier molecular flexibility index (Phi) is 4.72. The van der Waals surface area contributed by atoms with Crippen LogP contribution in [0.3, 0.4) is 0 Å². The van der Waals surface area contributed by atoms with E-state index in [0.717, 1.165) is 12.8 Å². The maximum Gasteiger partial charge on any atom is 0.0301 e. The van der Waals surface area contributed by atoms with Crippen molar-refractivity contribution < 1.29 is 0 Å². The van der Waals surface area contributed by atoms with E-state index in [4.69, 9.17) is 5.73 Å². The first kappa shape index (κ1) is 14.2. The minimum Gasteiger partial charge on any atom is -0.326 e. The van der Waals surface area contributed by atoms with Gasteiger partial charge >= 0.3 is 0 Å². The fourth-order valence-corrected chi connectivity index (χ4v) is 1.75. The third-order valence-electron chi connectivity index (χ3n) is 3.95. The normalized spacial score (nSPS) is 14.1. The molecule has 0 aliphatic carbocycles. The molecule has 0 radical (unpaired) electrons.